The summed E-state index contributed by atoms with van der Waals surface area (Å²) in [5.74, 6) is 0. The van der Waals surface area contributed by atoms with Gasteiger partial charge < -0.3 is 10.2 Å². The van der Waals surface area contributed by atoms with Crippen molar-refractivity contribution in [3.63, 3.8) is 0 Å². The molecule has 0 aromatic heterocycles. The summed E-state index contributed by atoms with van der Waals surface area (Å²) in [6, 6.07) is 8.79. The van der Waals surface area contributed by atoms with E-state index in [9.17, 15) is 5.26 Å². The van der Waals surface area contributed by atoms with E-state index in [2.05, 4.69) is 39.1 Å². The minimum absolute atomic E-state index is 0.551. The molecule has 0 spiro atoms. The first-order valence-corrected chi connectivity index (χ1v) is 7.22. The van der Waals surface area contributed by atoms with Gasteiger partial charge in [0.05, 0.1) is 11.3 Å². The Morgan fingerprint density at radius 3 is 3.00 bits per heavy atom. The van der Waals surface area contributed by atoms with E-state index < -0.39 is 0 Å². The SMILES string of the molecule is CCN(CC1CCCN1)c1cccc(Br)c1C#N. The lowest BCUT2D eigenvalue weighted by Crippen LogP contribution is -2.37. The summed E-state index contributed by atoms with van der Waals surface area (Å²) in [6.45, 7) is 5.15. The van der Waals surface area contributed by atoms with Gasteiger partial charge in [-0.3, -0.25) is 0 Å². The lowest BCUT2D eigenvalue weighted by atomic mass is 10.1. The number of anilines is 1. The number of benzene rings is 1. The van der Waals surface area contributed by atoms with Crippen LogP contribution in [-0.4, -0.2) is 25.7 Å². The number of nitrogens with zero attached hydrogens (tertiary/aromatic N) is 2. The summed E-state index contributed by atoms with van der Waals surface area (Å²) in [7, 11) is 0. The highest BCUT2D eigenvalue weighted by Gasteiger charge is 2.19. The molecular formula is C14H18BrN3. The number of halogens is 1. The summed E-state index contributed by atoms with van der Waals surface area (Å²) >= 11 is 3.45. The van der Waals surface area contributed by atoms with Crippen molar-refractivity contribution in [2.45, 2.75) is 25.8 Å². The predicted octanol–water partition coefficient (Wildman–Crippen LogP) is 2.90. The van der Waals surface area contributed by atoms with Crippen molar-refractivity contribution in [2.75, 3.05) is 24.5 Å². The molecule has 0 radical (unpaired) electrons. The van der Waals surface area contributed by atoms with Crippen LogP contribution in [0.5, 0.6) is 0 Å². The fraction of sp³-hybridized carbons (Fsp3) is 0.500. The average Bonchev–Trinajstić information content (AvgIpc) is 2.88. The first-order valence-electron chi connectivity index (χ1n) is 6.43. The van der Waals surface area contributed by atoms with Gasteiger partial charge in [0.2, 0.25) is 0 Å². The molecule has 1 unspecified atom stereocenters. The first kappa shape index (κ1) is 13.4. The normalized spacial score (nSPS) is 18.6. The Morgan fingerprint density at radius 2 is 2.39 bits per heavy atom. The zero-order valence-electron chi connectivity index (χ0n) is 10.6. The van der Waals surface area contributed by atoms with Gasteiger partial charge in [-0.1, -0.05) is 6.07 Å². The molecule has 18 heavy (non-hydrogen) atoms. The molecule has 3 nitrogen and oxygen atoms in total. The lowest BCUT2D eigenvalue weighted by Gasteiger charge is -2.27. The molecule has 1 aromatic carbocycles. The Balaban J connectivity index is 2.21. The molecule has 0 bridgehead atoms. The van der Waals surface area contributed by atoms with E-state index >= 15 is 0 Å². The van der Waals surface area contributed by atoms with E-state index in [0.29, 0.717) is 6.04 Å². The smallest absolute Gasteiger partial charge is 0.103 e. The summed E-state index contributed by atoms with van der Waals surface area (Å²) in [6.07, 6.45) is 2.48. The number of hydrogen-bond acceptors (Lipinski definition) is 3. The Morgan fingerprint density at radius 1 is 1.56 bits per heavy atom. The quantitative estimate of drug-likeness (QED) is 0.929. The maximum absolute atomic E-state index is 9.28. The third kappa shape index (κ3) is 2.85. The maximum Gasteiger partial charge on any atom is 0.103 e. The second kappa shape index (κ2) is 6.21. The van der Waals surface area contributed by atoms with Gasteiger partial charge >= 0.3 is 0 Å². The molecule has 4 heteroatoms. The largest absolute Gasteiger partial charge is 0.369 e. The number of nitriles is 1. The summed E-state index contributed by atoms with van der Waals surface area (Å²) in [5, 5.41) is 12.8. The van der Waals surface area contributed by atoms with Crippen LogP contribution in [0, 0.1) is 11.3 Å². The molecule has 1 heterocycles. The molecule has 1 fully saturated rings. The molecule has 0 amide bonds. The van der Waals surface area contributed by atoms with Crippen LogP contribution in [0.25, 0.3) is 0 Å². The maximum atomic E-state index is 9.28. The third-order valence-corrected chi connectivity index (χ3v) is 4.09. The summed E-state index contributed by atoms with van der Waals surface area (Å²) in [5.41, 5.74) is 1.76. The second-order valence-corrected chi connectivity index (χ2v) is 5.43. The van der Waals surface area contributed by atoms with Gasteiger partial charge in [-0.15, -0.1) is 0 Å². The van der Waals surface area contributed by atoms with Crippen LogP contribution in [0.15, 0.2) is 22.7 Å². The zero-order valence-corrected chi connectivity index (χ0v) is 12.2. The molecule has 1 aliphatic rings. The zero-order chi connectivity index (χ0) is 13.0. The highest BCUT2D eigenvalue weighted by Crippen LogP contribution is 2.27. The fourth-order valence-electron chi connectivity index (χ4n) is 2.46. The molecular weight excluding hydrogens is 290 g/mol. The van der Waals surface area contributed by atoms with Gasteiger partial charge in [-0.25, -0.2) is 0 Å². The number of rotatable bonds is 4. The Bertz CT molecular complexity index is 447. The minimum atomic E-state index is 0.551. The van der Waals surface area contributed by atoms with E-state index in [1.165, 1.54) is 12.8 Å². The van der Waals surface area contributed by atoms with Crippen molar-refractivity contribution >= 4 is 21.6 Å². The van der Waals surface area contributed by atoms with E-state index in [1.807, 2.05) is 18.2 Å². The third-order valence-electron chi connectivity index (χ3n) is 3.43. The minimum Gasteiger partial charge on any atom is -0.369 e. The number of hydrogen-bond donors (Lipinski definition) is 1. The Hall–Kier alpha value is -1.05. The lowest BCUT2D eigenvalue weighted by molar-refractivity contribution is 0.586. The van der Waals surface area contributed by atoms with Crippen molar-refractivity contribution in [2.24, 2.45) is 0 Å². The van der Waals surface area contributed by atoms with Crippen molar-refractivity contribution in [3.05, 3.63) is 28.2 Å². The van der Waals surface area contributed by atoms with Crippen LogP contribution in [0.3, 0.4) is 0 Å². The van der Waals surface area contributed by atoms with Crippen LogP contribution in [-0.2, 0) is 0 Å². The van der Waals surface area contributed by atoms with E-state index in [-0.39, 0.29) is 0 Å². The predicted molar refractivity (Wildman–Crippen MR) is 77.8 cm³/mol. The molecule has 1 atom stereocenters. The fourth-order valence-corrected chi connectivity index (χ4v) is 2.91. The average molecular weight is 308 g/mol. The standard InChI is InChI=1S/C14H18BrN3/c1-2-18(10-11-5-4-8-17-11)14-7-3-6-13(15)12(14)9-16/h3,6-7,11,17H,2,4-5,8,10H2,1H3. The van der Waals surface area contributed by atoms with Crippen LogP contribution in [0.2, 0.25) is 0 Å². The first-order chi connectivity index (χ1) is 8.76. The molecule has 96 valence electrons. The number of nitrogens with one attached hydrogen (secondary N) is 1. The monoisotopic (exact) mass is 307 g/mol. The van der Waals surface area contributed by atoms with Crippen LogP contribution in [0.4, 0.5) is 5.69 Å². The summed E-state index contributed by atoms with van der Waals surface area (Å²) in [4.78, 5) is 2.28. The van der Waals surface area contributed by atoms with Crippen LogP contribution in [0.1, 0.15) is 25.3 Å². The van der Waals surface area contributed by atoms with Gasteiger partial charge in [-0.2, -0.15) is 5.26 Å². The molecule has 1 aliphatic heterocycles. The van der Waals surface area contributed by atoms with E-state index in [1.54, 1.807) is 0 Å². The Labute approximate surface area is 117 Å². The Kier molecular flexibility index (Phi) is 4.62. The molecule has 1 saturated heterocycles. The van der Waals surface area contributed by atoms with Crippen molar-refractivity contribution < 1.29 is 0 Å². The van der Waals surface area contributed by atoms with E-state index in [0.717, 1.165) is 35.4 Å². The van der Waals surface area contributed by atoms with Crippen LogP contribution >= 0.6 is 15.9 Å². The van der Waals surface area contributed by atoms with Crippen molar-refractivity contribution in [1.29, 1.82) is 5.26 Å². The van der Waals surface area contributed by atoms with Gasteiger partial charge in [0.25, 0.3) is 0 Å². The van der Waals surface area contributed by atoms with Crippen molar-refractivity contribution in [1.82, 2.24) is 5.32 Å². The second-order valence-electron chi connectivity index (χ2n) is 4.58. The molecule has 1 aromatic rings. The molecule has 0 saturated carbocycles. The molecule has 2 rings (SSSR count). The van der Waals surface area contributed by atoms with E-state index in [4.69, 9.17) is 0 Å². The molecule has 1 N–H and O–H groups in total. The van der Waals surface area contributed by atoms with Gasteiger partial charge in [0, 0.05) is 23.6 Å². The highest BCUT2D eigenvalue weighted by molar-refractivity contribution is 9.10. The van der Waals surface area contributed by atoms with Gasteiger partial charge in [0.15, 0.2) is 0 Å². The number of likely N-dealkylation sites (N-methyl/N-ethyl adjacent to an activating group) is 1. The van der Waals surface area contributed by atoms with Gasteiger partial charge in [0.1, 0.15) is 6.07 Å². The summed E-state index contributed by atoms with van der Waals surface area (Å²) < 4.78 is 0.875. The van der Waals surface area contributed by atoms with Crippen molar-refractivity contribution in [3.8, 4) is 6.07 Å². The highest BCUT2D eigenvalue weighted by atomic mass is 79.9. The molecule has 0 aliphatic carbocycles. The topological polar surface area (TPSA) is 39.1 Å². The van der Waals surface area contributed by atoms with Crippen LogP contribution < -0.4 is 10.2 Å². The van der Waals surface area contributed by atoms with Gasteiger partial charge in [-0.05, 0) is 54.4 Å².